The quantitative estimate of drug-likeness (QED) is 0.439. The Hall–Kier alpha value is -4.26. The van der Waals surface area contributed by atoms with Crippen molar-refractivity contribution < 1.29 is 9.53 Å². The molecule has 0 aliphatic carbocycles. The molecule has 0 saturated heterocycles. The molecular weight excluding hydrogens is 344 g/mol. The molecule has 130 valence electrons. The van der Waals surface area contributed by atoms with E-state index in [9.17, 15) is 4.79 Å². The highest BCUT2D eigenvalue weighted by molar-refractivity contribution is 5.96. The second-order valence-electron chi connectivity index (χ2n) is 5.78. The molecule has 8 nitrogen and oxygen atoms in total. The van der Waals surface area contributed by atoms with Crippen LogP contribution in [0.3, 0.4) is 0 Å². The van der Waals surface area contributed by atoms with Crippen molar-refractivity contribution in [3.63, 3.8) is 0 Å². The molecule has 27 heavy (non-hydrogen) atoms. The van der Waals surface area contributed by atoms with E-state index < -0.39 is 0 Å². The van der Waals surface area contributed by atoms with Crippen molar-refractivity contribution in [2.75, 3.05) is 12.8 Å². The first-order chi connectivity index (χ1) is 13.2. The number of benzene rings is 1. The van der Waals surface area contributed by atoms with Crippen LogP contribution in [-0.4, -0.2) is 28.2 Å². The lowest BCUT2D eigenvalue weighted by molar-refractivity contribution is 0.410. The number of nitrogens with one attached hydrogen (secondary N) is 2. The second-order valence-corrected chi connectivity index (χ2v) is 5.78. The van der Waals surface area contributed by atoms with E-state index >= 15 is 0 Å². The molecule has 1 aliphatic heterocycles. The molecule has 0 amide bonds. The number of rotatable bonds is 1. The van der Waals surface area contributed by atoms with E-state index in [0.717, 1.165) is 11.1 Å². The van der Waals surface area contributed by atoms with Crippen molar-refractivity contribution in [1.29, 1.82) is 5.26 Å². The van der Waals surface area contributed by atoms with Crippen LogP contribution in [0.25, 0.3) is 16.6 Å². The fourth-order valence-corrected chi connectivity index (χ4v) is 3.02. The third-order valence-electron chi connectivity index (χ3n) is 4.30. The van der Waals surface area contributed by atoms with Crippen LogP contribution in [0.5, 0.6) is 5.75 Å². The Morgan fingerprint density at radius 2 is 2.19 bits per heavy atom. The molecule has 0 atom stereocenters. The van der Waals surface area contributed by atoms with Crippen LogP contribution in [0.2, 0.25) is 0 Å². The predicted octanol–water partition coefficient (Wildman–Crippen LogP) is 1.10. The number of nitrogen functional groups attached to an aromatic ring is 1. The van der Waals surface area contributed by atoms with Crippen LogP contribution in [0.15, 0.2) is 18.3 Å². The van der Waals surface area contributed by atoms with Crippen LogP contribution in [-0.2, 0) is 11.3 Å². The fourth-order valence-electron chi connectivity index (χ4n) is 3.02. The van der Waals surface area contributed by atoms with Crippen LogP contribution in [0, 0.1) is 23.2 Å². The first-order valence-electron chi connectivity index (χ1n) is 7.91. The van der Waals surface area contributed by atoms with Crippen molar-refractivity contribution in [2.45, 2.75) is 6.54 Å². The third-order valence-corrected chi connectivity index (χ3v) is 4.30. The smallest absolute Gasteiger partial charge is 0.150 e. The monoisotopic (exact) mass is 356 g/mol. The van der Waals surface area contributed by atoms with Gasteiger partial charge in [-0.3, -0.25) is 5.10 Å². The Balaban J connectivity index is 1.84. The van der Waals surface area contributed by atoms with Gasteiger partial charge >= 0.3 is 0 Å². The highest BCUT2D eigenvalue weighted by Crippen LogP contribution is 2.32. The van der Waals surface area contributed by atoms with Crippen molar-refractivity contribution in [3.05, 3.63) is 46.3 Å². The number of methoxy groups -OCH3 is 1. The molecule has 3 aromatic rings. The molecule has 1 aliphatic rings. The molecule has 0 spiro atoms. The summed E-state index contributed by atoms with van der Waals surface area (Å²) in [4.78, 5) is 15.1. The Labute approximate surface area is 153 Å². The summed E-state index contributed by atoms with van der Waals surface area (Å²) >= 11 is 0. The highest BCUT2D eigenvalue weighted by atomic mass is 16.5. The summed E-state index contributed by atoms with van der Waals surface area (Å²) in [7, 11) is 1.56. The molecule has 0 radical (unpaired) electrons. The fraction of sp³-hybridized carbons (Fsp3) is 0.105. The van der Waals surface area contributed by atoms with E-state index in [1.165, 1.54) is 6.20 Å². The molecule has 0 fully saturated rings. The number of nitriles is 1. The van der Waals surface area contributed by atoms with Gasteiger partial charge in [0.1, 0.15) is 34.5 Å². The van der Waals surface area contributed by atoms with Gasteiger partial charge in [0.05, 0.1) is 18.1 Å². The van der Waals surface area contributed by atoms with Gasteiger partial charge < -0.3 is 15.8 Å². The number of ether oxygens (including phenoxy) is 1. The molecule has 0 saturated carbocycles. The minimum absolute atomic E-state index is 0.240. The minimum Gasteiger partial charge on any atom is -0.496 e. The lowest BCUT2D eigenvalue weighted by atomic mass is 10.0. The zero-order valence-corrected chi connectivity index (χ0v) is 14.2. The van der Waals surface area contributed by atoms with Crippen LogP contribution in [0.1, 0.15) is 27.9 Å². The average molecular weight is 356 g/mol. The zero-order chi connectivity index (χ0) is 19.0. The Morgan fingerprint density at radius 3 is 2.93 bits per heavy atom. The summed E-state index contributed by atoms with van der Waals surface area (Å²) in [6.07, 6.45) is 1.38. The van der Waals surface area contributed by atoms with E-state index in [4.69, 9.17) is 15.7 Å². The van der Waals surface area contributed by atoms with Crippen LogP contribution >= 0.6 is 0 Å². The molecule has 0 unspecified atom stereocenters. The SMILES string of the molecule is COc1cc(C#Cc2[nH]nc3c(C#N)cnc(N)c23)cc2c1CNC2=C=O. The molecule has 4 rings (SSSR count). The first-order valence-corrected chi connectivity index (χ1v) is 7.91. The Morgan fingerprint density at radius 1 is 1.33 bits per heavy atom. The van der Waals surface area contributed by atoms with Crippen molar-refractivity contribution in [3.8, 4) is 23.7 Å². The number of H-pyrrole nitrogens is 1. The lowest BCUT2D eigenvalue weighted by Crippen LogP contribution is -2.00. The summed E-state index contributed by atoms with van der Waals surface area (Å²) in [6.45, 7) is 0.501. The zero-order valence-electron chi connectivity index (χ0n) is 14.2. The van der Waals surface area contributed by atoms with Crippen molar-refractivity contribution in [2.24, 2.45) is 0 Å². The van der Waals surface area contributed by atoms with Crippen molar-refractivity contribution in [1.82, 2.24) is 20.5 Å². The molecular formula is C19H12N6O2. The topological polar surface area (TPSA) is 130 Å². The summed E-state index contributed by atoms with van der Waals surface area (Å²) in [5, 5.41) is 19.6. The molecule has 2 aromatic heterocycles. The molecule has 0 bridgehead atoms. The lowest BCUT2D eigenvalue weighted by Gasteiger charge is -2.06. The van der Waals surface area contributed by atoms with Gasteiger partial charge in [-0.25, -0.2) is 9.78 Å². The number of nitrogens with two attached hydrogens (primary N) is 1. The maximum absolute atomic E-state index is 11.1. The number of anilines is 1. The summed E-state index contributed by atoms with van der Waals surface area (Å²) in [5.41, 5.74) is 9.76. The Kier molecular flexibility index (Phi) is 3.74. The van der Waals surface area contributed by atoms with Crippen molar-refractivity contribution >= 4 is 28.4 Å². The standard InChI is InChI=1S/C19H12N6O2/c1-27-16-5-10(4-12-13(16)8-22-15(12)9-26)2-3-14-17-18(25-24-14)11(6-20)7-23-19(17)21/h4-5,7,22H,8H2,1H3,(H2,21,23)(H,24,25). The van der Waals surface area contributed by atoms with Gasteiger partial charge in [-0.2, -0.15) is 10.4 Å². The second kappa shape index (κ2) is 6.23. The van der Waals surface area contributed by atoms with Gasteiger partial charge in [-0.05, 0) is 18.1 Å². The molecule has 8 heteroatoms. The summed E-state index contributed by atoms with van der Waals surface area (Å²) in [5.74, 6) is 8.75. The number of carbonyl (C=O) groups excluding carboxylic acids is 1. The number of nitrogens with zero attached hydrogens (tertiary/aromatic N) is 3. The third kappa shape index (κ3) is 2.54. The maximum atomic E-state index is 11.1. The van der Waals surface area contributed by atoms with E-state index in [1.807, 2.05) is 12.0 Å². The van der Waals surface area contributed by atoms with E-state index in [1.54, 1.807) is 19.2 Å². The van der Waals surface area contributed by atoms with Gasteiger partial charge in [-0.15, -0.1) is 0 Å². The maximum Gasteiger partial charge on any atom is 0.150 e. The largest absolute Gasteiger partial charge is 0.496 e. The minimum atomic E-state index is 0.240. The molecule has 4 N–H and O–H groups in total. The van der Waals surface area contributed by atoms with E-state index in [0.29, 0.717) is 45.7 Å². The molecule has 3 heterocycles. The average Bonchev–Trinajstić information content (AvgIpc) is 3.30. The van der Waals surface area contributed by atoms with Crippen LogP contribution in [0.4, 0.5) is 5.82 Å². The van der Waals surface area contributed by atoms with Crippen LogP contribution < -0.4 is 15.8 Å². The number of fused-ring (bicyclic) bond motifs is 2. The number of aromatic nitrogens is 3. The number of hydrogen-bond acceptors (Lipinski definition) is 7. The van der Waals surface area contributed by atoms with Gasteiger partial charge in [0.15, 0.2) is 5.94 Å². The summed E-state index contributed by atoms with van der Waals surface area (Å²) in [6, 6.07) is 5.62. The predicted molar refractivity (Wildman–Crippen MR) is 97.9 cm³/mol. The molecule has 1 aromatic carbocycles. The van der Waals surface area contributed by atoms with Gasteiger partial charge in [0, 0.05) is 29.4 Å². The van der Waals surface area contributed by atoms with Gasteiger partial charge in [0.2, 0.25) is 0 Å². The van der Waals surface area contributed by atoms with E-state index in [-0.39, 0.29) is 5.82 Å². The normalized spacial score (nSPS) is 11.8. The highest BCUT2D eigenvalue weighted by Gasteiger charge is 2.21. The van der Waals surface area contributed by atoms with E-state index in [2.05, 4.69) is 32.3 Å². The number of aromatic amines is 1. The van der Waals surface area contributed by atoms with Gasteiger partial charge in [-0.1, -0.05) is 5.92 Å². The first kappa shape index (κ1) is 16.2. The number of pyridine rings is 1. The number of hydrogen-bond donors (Lipinski definition) is 3. The Bertz CT molecular complexity index is 1250. The summed E-state index contributed by atoms with van der Waals surface area (Å²) < 4.78 is 5.41. The van der Waals surface area contributed by atoms with Gasteiger partial charge in [0.25, 0.3) is 0 Å².